The second-order valence-electron chi connectivity index (χ2n) is 7.57. The van der Waals surface area contributed by atoms with Crippen LogP contribution in [0.3, 0.4) is 0 Å². The Bertz CT molecular complexity index is 1170. The van der Waals surface area contributed by atoms with Gasteiger partial charge >= 0.3 is 0 Å². The maximum absolute atomic E-state index is 12.6. The van der Waals surface area contributed by atoms with Crippen molar-refractivity contribution in [3.63, 3.8) is 0 Å². The first kappa shape index (κ1) is 18.4. The summed E-state index contributed by atoms with van der Waals surface area (Å²) in [5, 5.41) is 3.86. The number of hydrogen-bond donors (Lipinski definition) is 1. The number of amides is 2. The smallest absolute Gasteiger partial charge is 0.246 e. The number of rotatable bonds is 3. The van der Waals surface area contributed by atoms with Gasteiger partial charge < -0.3 is 14.6 Å². The first-order chi connectivity index (χ1) is 14.7. The van der Waals surface area contributed by atoms with E-state index in [0.717, 1.165) is 39.9 Å². The fraction of sp³-hybridized carbons (Fsp3) is 0.208. The van der Waals surface area contributed by atoms with Gasteiger partial charge in [-0.15, -0.1) is 0 Å². The van der Waals surface area contributed by atoms with Crippen LogP contribution in [-0.4, -0.2) is 34.8 Å². The SMILES string of the molecule is O=C1CCc2cc(C=CC(=O)N3CC=C(c4cc5ccccc5o4)CC3)cnc2N1. The van der Waals surface area contributed by atoms with Crippen LogP contribution in [0.4, 0.5) is 5.82 Å². The summed E-state index contributed by atoms with van der Waals surface area (Å²) >= 11 is 0. The summed E-state index contributed by atoms with van der Waals surface area (Å²) in [6, 6.07) is 12.0. The average molecular weight is 399 g/mol. The molecule has 3 aromatic rings. The Hall–Kier alpha value is -3.67. The second kappa shape index (κ2) is 7.63. The van der Waals surface area contributed by atoms with Gasteiger partial charge in [-0.05, 0) is 53.8 Å². The van der Waals surface area contributed by atoms with E-state index in [9.17, 15) is 9.59 Å². The third kappa shape index (κ3) is 3.64. The molecule has 0 atom stereocenters. The quantitative estimate of drug-likeness (QED) is 0.675. The minimum Gasteiger partial charge on any atom is -0.456 e. The van der Waals surface area contributed by atoms with E-state index in [2.05, 4.69) is 22.4 Å². The molecule has 0 fully saturated rings. The molecule has 0 bridgehead atoms. The Balaban J connectivity index is 1.25. The van der Waals surface area contributed by atoms with Gasteiger partial charge in [0.15, 0.2) is 0 Å². The fourth-order valence-electron chi connectivity index (χ4n) is 3.87. The second-order valence-corrected chi connectivity index (χ2v) is 7.57. The van der Waals surface area contributed by atoms with Crippen LogP contribution in [0.2, 0.25) is 0 Å². The van der Waals surface area contributed by atoms with E-state index < -0.39 is 0 Å². The van der Waals surface area contributed by atoms with Crippen LogP contribution < -0.4 is 5.32 Å². The van der Waals surface area contributed by atoms with E-state index in [-0.39, 0.29) is 11.8 Å². The van der Waals surface area contributed by atoms with Gasteiger partial charge in [-0.25, -0.2) is 4.98 Å². The van der Waals surface area contributed by atoms with Gasteiger partial charge in [0.25, 0.3) is 0 Å². The lowest BCUT2D eigenvalue weighted by molar-refractivity contribution is -0.125. The molecule has 2 amide bonds. The molecule has 150 valence electrons. The van der Waals surface area contributed by atoms with Gasteiger partial charge in [0.1, 0.15) is 17.2 Å². The number of nitrogens with zero attached hydrogens (tertiary/aromatic N) is 2. The fourth-order valence-corrected chi connectivity index (χ4v) is 3.87. The van der Waals surface area contributed by atoms with Gasteiger partial charge in [0, 0.05) is 37.2 Å². The molecular formula is C24H21N3O3. The van der Waals surface area contributed by atoms with Gasteiger partial charge in [0.05, 0.1) is 0 Å². The Morgan fingerprint density at radius 3 is 2.90 bits per heavy atom. The number of pyridine rings is 1. The number of fused-ring (bicyclic) bond motifs is 2. The van der Waals surface area contributed by atoms with E-state index in [4.69, 9.17) is 4.42 Å². The maximum Gasteiger partial charge on any atom is 0.246 e. The van der Waals surface area contributed by atoms with Crippen LogP contribution in [0.1, 0.15) is 29.7 Å². The highest BCUT2D eigenvalue weighted by molar-refractivity contribution is 5.94. The van der Waals surface area contributed by atoms with Crippen molar-refractivity contribution in [3.8, 4) is 0 Å². The lowest BCUT2D eigenvalue weighted by Crippen LogP contribution is -2.33. The molecule has 4 heterocycles. The summed E-state index contributed by atoms with van der Waals surface area (Å²) < 4.78 is 5.94. The molecule has 6 heteroatoms. The van der Waals surface area contributed by atoms with Crippen LogP contribution in [0.15, 0.2) is 59.2 Å². The number of aromatic nitrogens is 1. The van der Waals surface area contributed by atoms with Crippen molar-refractivity contribution in [2.24, 2.45) is 0 Å². The van der Waals surface area contributed by atoms with E-state index in [0.29, 0.717) is 31.7 Å². The minimum atomic E-state index is -0.0269. The summed E-state index contributed by atoms with van der Waals surface area (Å²) in [6.07, 6.45) is 9.01. The van der Waals surface area contributed by atoms with Crippen LogP contribution in [-0.2, 0) is 16.0 Å². The standard InChI is InChI=1S/C24H21N3O3/c28-22-7-6-19-13-16(15-25-24(19)26-22)5-8-23(29)27-11-9-17(10-12-27)21-14-18-3-1-2-4-20(18)30-21/h1-5,8-9,13-15H,6-7,10-12H2,(H,25,26,28). The number of benzene rings is 1. The summed E-state index contributed by atoms with van der Waals surface area (Å²) in [5.41, 5.74) is 3.88. The lowest BCUT2D eigenvalue weighted by atomic mass is 10.0. The Morgan fingerprint density at radius 1 is 1.17 bits per heavy atom. The molecule has 0 spiro atoms. The third-order valence-electron chi connectivity index (χ3n) is 5.55. The summed E-state index contributed by atoms with van der Waals surface area (Å²) in [6.45, 7) is 1.21. The normalized spacial score (nSPS) is 16.5. The molecule has 6 nitrogen and oxygen atoms in total. The monoisotopic (exact) mass is 399 g/mol. The molecule has 1 N–H and O–H groups in total. The molecule has 0 saturated heterocycles. The predicted octanol–water partition coefficient (Wildman–Crippen LogP) is 4.04. The average Bonchev–Trinajstić information content (AvgIpc) is 3.22. The molecule has 0 radical (unpaired) electrons. The van der Waals surface area contributed by atoms with Crippen molar-refractivity contribution in [2.45, 2.75) is 19.3 Å². The zero-order valence-electron chi connectivity index (χ0n) is 16.4. The molecule has 2 aromatic heterocycles. The molecular weight excluding hydrogens is 378 g/mol. The number of anilines is 1. The van der Waals surface area contributed by atoms with Gasteiger partial charge in [-0.2, -0.15) is 0 Å². The van der Waals surface area contributed by atoms with Crippen LogP contribution >= 0.6 is 0 Å². The highest BCUT2D eigenvalue weighted by Crippen LogP contribution is 2.28. The van der Waals surface area contributed by atoms with Crippen LogP contribution in [0, 0.1) is 0 Å². The van der Waals surface area contributed by atoms with Crippen LogP contribution in [0.25, 0.3) is 22.6 Å². The third-order valence-corrected chi connectivity index (χ3v) is 5.55. The zero-order valence-corrected chi connectivity index (χ0v) is 16.4. The molecule has 0 aliphatic carbocycles. The van der Waals surface area contributed by atoms with Crippen molar-refractivity contribution >= 4 is 40.3 Å². The number of hydrogen-bond acceptors (Lipinski definition) is 4. The summed E-state index contributed by atoms with van der Waals surface area (Å²) in [7, 11) is 0. The molecule has 2 aliphatic heterocycles. The number of carbonyl (C=O) groups is 2. The van der Waals surface area contributed by atoms with Crippen molar-refractivity contribution in [3.05, 3.63) is 71.6 Å². The topological polar surface area (TPSA) is 75.4 Å². The summed E-state index contributed by atoms with van der Waals surface area (Å²) in [5.74, 6) is 1.47. The molecule has 1 aromatic carbocycles. The molecule has 30 heavy (non-hydrogen) atoms. The van der Waals surface area contributed by atoms with Crippen molar-refractivity contribution in [2.75, 3.05) is 18.4 Å². The zero-order chi connectivity index (χ0) is 20.5. The largest absolute Gasteiger partial charge is 0.456 e. The number of carbonyl (C=O) groups excluding carboxylic acids is 2. The van der Waals surface area contributed by atoms with E-state index in [1.165, 1.54) is 0 Å². The predicted molar refractivity (Wildman–Crippen MR) is 116 cm³/mol. The van der Waals surface area contributed by atoms with Gasteiger partial charge in [-0.3, -0.25) is 9.59 Å². The molecule has 5 rings (SSSR count). The van der Waals surface area contributed by atoms with E-state index in [1.807, 2.05) is 35.2 Å². The number of nitrogens with one attached hydrogen (secondary N) is 1. The molecule has 0 saturated carbocycles. The highest BCUT2D eigenvalue weighted by atomic mass is 16.3. The van der Waals surface area contributed by atoms with Crippen molar-refractivity contribution < 1.29 is 14.0 Å². The van der Waals surface area contributed by atoms with Crippen LogP contribution in [0.5, 0.6) is 0 Å². The first-order valence-corrected chi connectivity index (χ1v) is 10.1. The lowest BCUT2D eigenvalue weighted by Gasteiger charge is -2.24. The number of aryl methyl sites for hydroxylation is 1. The van der Waals surface area contributed by atoms with Gasteiger partial charge in [-0.1, -0.05) is 24.3 Å². The Kier molecular flexibility index (Phi) is 4.67. The number of furan rings is 1. The minimum absolute atomic E-state index is 0.00589. The highest BCUT2D eigenvalue weighted by Gasteiger charge is 2.19. The molecule has 2 aliphatic rings. The van der Waals surface area contributed by atoms with Gasteiger partial charge in [0.2, 0.25) is 11.8 Å². The number of para-hydroxylation sites is 1. The maximum atomic E-state index is 12.6. The van der Waals surface area contributed by atoms with Crippen molar-refractivity contribution in [1.82, 2.24) is 9.88 Å². The van der Waals surface area contributed by atoms with E-state index >= 15 is 0 Å². The molecule has 0 unspecified atom stereocenters. The van der Waals surface area contributed by atoms with Crippen molar-refractivity contribution in [1.29, 1.82) is 0 Å². The summed E-state index contributed by atoms with van der Waals surface area (Å²) in [4.78, 5) is 30.1. The Labute approximate surface area is 173 Å². The van der Waals surface area contributed by atoms with E-state index in [1.54, 1.807) is 18.3 Å². The Morgan fingerprint density at radius 2 is 2.07 bits per heavy atom. The first-order valence-electron chi connectivity index (χ1n) is 10.1.